The first kappa shape index (κ1) is 14.1. The summed E-state index contributed by atoms with van der Waals surface area (Å²) in [6.45, 7) is 0.709. The number of ether oxygens (including phenoxy) is 1. The molecule has 22 heavy (non-hydrogen) atoms. The molecule has 0 amide bonds. The zero-order chi connectivity index (χ0) is 14.8. The number of allylic oxidation sites excluding steroid dienone is 3. The van der Waals surface area contributed by atoms with Gasteiger partial charge in [-0.3, -0.25) is 0 Å². The average molecular weight is 294 g/mol. The molecule has 0 spiro atoms. The molecule has 0 bridgehead atoms. The first-order valence-corrected chi connectivity index (χ1v) is 9.01. The Morgan fingerprint density at radius 2 is 1.82 bits per heavy atom. The number of hydrogen-bond acceptors (Lipinski definition) is 1. The van der Waals surface area contributed by atoms with E-state index in [0.717, 1.165) is 11.8 Å². The van der Waals surface area contributed by atoms with E-state index in [-0.39, 0.29) is 0 Å². The van der Waals surface area contributed by atoms with Gasteiger partial charge < -0.3 is 4.74 Å². The molecule has 3 aliphatic rings. The van der Waals surface area contributed by atoms with Crippen LogP contribution in [-0.2, 0) is 11.3 Å². The van der Waals surface area contributed by atoms with Gasteiger partial charge in [-0.25, -0.2) is 0 Å². The Kier molecular flexibility index (Phi) is 4.05. The van der Waals surface area contributed by atoms with E-state index in [0.29, 0.717) is 6.61 Å². The molecule has 0 saturated heterocycles. The highest BCUT2D eigenvalue weighted by Crippen LogP contribution is 2.48. The third-order valence-electron chi connectivity index (χ3n) is 5.76. The van der Waals surface area contributed by atoms with Gasteiger partial charge in [-0.1, -0.05) is 48.7 Å². The monoisotopic (exact) mass is 294 g/mol. The molecular formula is C21H26O. The van der Waals surface area contributed by atoms with E-state index in [2.05, 4.69) is 36.4 Å². The van der Waals surface area contributed by atoms with E-state index in [1.165, 1.54) is 62.7 Å². The van der Waals surface area contributed by atoms with Gasteiger partial charge in [0, 0.05) is 0 Å². The number of fused-ring (bicyclic) bond motifs is 2. The van der Waals surface area contributed by atoms with Crippen molar-refractivity contribution >= 4 is 0 Å². The summed E-state index contributed by atoms with van der Waals surface area (Å²) < 4.78 is 6.29. The van der Waals surface area contributed by atoms with Gasteiger partial charge >= 0.3 is 0 Å². The van der Waals surface area contributed by atoms with Gasteiger partial charge in [0.1, 0.15) is 12.4 Å². The molecule has 0 N–H and O–H groups in total. The molecule has 3 aliphatic carbocycles. The molecular weight excluding hydrogens is 268 g/mol. The Bertz CT molecular complexity index is 581. The van der Waals surface area contributed by atoms with E-state index in [9.17, 15) is 0 Å². The highest BCUT2D eigenvalue weighted by atomic mass is 16.5. The maximum atomic E-state index is 6.29. The van der Waals surface area contributed by atoms with Gasteiger partial charge in [-0.2, -0.15) is 0 Å². The van der Waals surface area contributed by atoms with Gasteiger partial charge in [0.25, 0.3) is 0 Å². The Balaban J connectivity index is 1.54. The SMILES string of the molecule is C1=C(OCc2ccccc2)C2=C(CC1)CC[C@@H]1CCCC[C@H]21. The fraction of sp³-hybridized carbons (Fsp3) is 0.524. The van der Waals surface area contributed by atoms with Crippen LogP contribution in [0.25, 0.3) is 0 Å². The van der Waals surface area contributed by atoms with Gasteiger partial charge in [-0.15, -0.1) is 0 Å². The molecule has 0 aliphatic heterocycles. The fourth-order valence-corrected chi connectivity index (χ4v) is 4.67. The van der Waals surface area contributed by atoms with Crippen LogP contribution >= 0.6 is 0 Å². The molecule has 1 nitrogen and oxygen atoms in total. The smallest absolute Gasteiger partial charge is 0.119 e. The Morgan fingerprint density at radius 1 is 0.955 bits per heavy atom. The summed E-state index contributed by atoms with van der Waals surface area (Å²) in [4.78, 5) is 0. The Hall–Kier alpha value is -1.50. The number of rotatable bonds is 3. The van der Waals surface area contributed by atoms with E-state index in [1.54, 1.807) is 11.1 Å². The third-order valence-corrected chi connectivity index (χ3v) is 5.76. The Labute approximate surface area is 134 Å². The lowest BCUT2D eigenvalue weighted by molar-refractivity contribution is 0.172. The molecule has 0 aromatic heterocycles. The van der Waals surface area contributed by atoms with Crippen molar-refractivity contribution in [3.05, 3.63) is 58.9 Å². The van der Waals surface area contributed by atoms with Crippen LogP contribution in [0.5, 0.6) is 0 Å². The normalized spacial score (nSPS) is 27.7. The van der Waals surface area contributed by atoms with Gasteiger partial charge in [0.2, 0.25) is 0 Å². The van der Waals surface area contributed by atoms with E-state index in [4.69, 9.17) is 4.74 Å². The topological polar surface area (TPSA) is 9.23 Å². The first-order valence-electron chi connectivity index (χ1n) is 9.01. The van der Waals surface area contributed by atoms with Crippen LogP contribution in [0.4, 0.5) is 0 Å². The van der Waals surface area contributed by atoms with Gasteiger partial charge in [0.15, 0.2) is 0 Å². The maximum Gasteiger partial charge on any atom is 0.119 e. The molecule has 1 aromatic carbocycles. The predicted molar refractivity (Wildman–Crippen MR) is 90.3 cm³/mol. The first-order chi connectivity index (χ1) is 10.9. The van der Waals surface area contributed by atoms with E-state index < -0.39 is 0 Å². The lowest BCUT2D eigenvalue weighted by Crippen LogP contribution is -2.28. The summed E-state index contributed by atoms with van der Waals surface area (Å²) in [5, 5.41) is 0. The molecule has 1 aromatic rings. The molecule has 2 atom stereocenters. The summed E-state index contributed by atoms with van der Waals surface area (Å²) in [7, 11) is 0. The summed E-state index contributed by atoms with van der Waals surface area (Å²) in [6, 6.07) is 10.6. The summed E-state index contributed by atoms with van der Waals surface area (Å²) in [5.41, 5.74) is 4.61. The lowest BCUT2D eigenvalue weighted by Gasteiger charge is -2.40. The zero-order valence-corrected chi connectivity index (χ0v) is 13.4. The van der Waals surface area contributed by atoms with Crippen LogP contribution in [0.2, 0.25) is 0 Å². The molecule has 0 radical (unpaired) electrons. The van der Waals surface area contributed by atoms with Crippen LogP contribution in [0.15, 0.2) is 53.3 Å². The zero-order valence-electron chi connectivity index (χ0n) is 13.4. The van der Waals surface area contributed by atoms with Crippen molar-refractivity contribution in [3.63, 3.8) is 0 Å². The van der Waals surface area contributed by atoms with Gasteiger partial charge in [-0.05, 0) is 67.6 Å². The van der Waals surface area contributed by atoms with Crippen molar-refractivity contribution in [2.75, 3.05) is 0 Å². The number of benzene rings is 1. The van der Waals surface area contributed by atoms with Crippen LogP contribution in [0.1, 0.15) is 56.9 Å². The predicted octanol–water partition coefficient (Wildman–Crippen LogP) is 5.78. The standard InChI is InChI=1S/C21H26O/c1-2-7-16(8-3-1)15-22-20-12-6-10-18-14-13-17-9-4-5-11-19(17)21(18)20/h1-3,7-8,12,17,19H,4-6,9-11,13-15H2/t17-,19-/m0/s1. The van der Waals surface area contributed by atoms with Gasteiger partial charge in [0.05, 0.1) is 0 Å². The van der Waals surface area contributed by atoms with Crippen molar-refractivity contribution in [3.8, 4) is 0 Å². The lowest BCUT2D eigenvalue weighted by atomic mass is 9.66. The Morgan fingerprint density at radius 3 is 2.73 bits per heavy atom. The minimum Gasteiger partial charge on any atom is -0.489 e. The molecule has 1 fully saturated rings. The molecule has 4 rings (SSSR count). The number of hydrogen-bond donors (Lipinski definition) is 0. The van der Waals surface area contributed by atoms with Crippen LogP contribution in [0.3, 0.4) is 0 Å². The highest BCUT2D eigenvalue weighted by Gasteiger charge is 2.36. The quantitative estimate of drug-likeness (QED) is 0.687. The van der Waals surface area contributed by atoms with Crippen molar-refractivity contribution in [2.24, 2.45) is 11.8 Å². The minimum atomic E-state index is 0.709. The molecule has 116 valence electrons. The summed E-state index contributed by atoms with van der Waals surface area (Å²) in [6.07, 6.45) is 13.2. The second-order valence-corrected chi connectivity index (χ2v) is 7.09. The molecule has 0 unspecified atom stereocenters. The van der Waals surface area contributed by atoms with Crippen molar-refractivity contribution in [2.45, 2.75) is 58.0 Å². The second kappa shape index (κ2) is 6.32. The van der Waals surface area contributed by atoms with Crippen LogP contribution in [0, 0.1) is 11.8 Å². The minimum absolute atomic E-state index is 0.709. The van der Waals surface area contributed by atoms with Crippen LogP contribution in [-0.4, -0.2) is 0 Å². The molecule has 0 heterocycles. The fourth-order valence-electron chi connectivity index (χ4n) is 4.67. The van der Waals surface area contributed by atoms with Crippen molar-refractivity contribution in [1.29, 1.82) is 0 Å². The maximum absolute atomic E-state index is 6.29. The average Bonchev–Trinajstić information content (AvgIpc) is 2.60. The summed E-state index contributed by atoms with van der Waals surface area (Å²) in [5.74, 6) is 2.94. The van der Waals surface area contributed by atoms with E-state index in [1.807, 2.05) is 0 Å². The molecule has 1 heteroatoms. The van der Waals surface area contributed by atoms with Crippen LogP contribution < -0.4 is 0 Å². The van der Waals surface area contributed by atoms with E-state index >= 15 is 0 Å². The third kappa shape index (κ3) is 2.74. The second-order valence-electron chi connectivity index (χ2n) is 7.09. The highest BCUT2D eigenvalue weighted by molar-refractivity contribution is 5.39. The largest absolute Gasteiger partial charge is 0.489 e. The van der Waals surface area contributed by atoms with Crippen molar-refractivity contribution < 1.29 is 4.74 Å². The van der Waals surface area contributed by atoms with Crippen molar-refractivity contribution in [1.82, 2.24) is 0 Å². The summed E-state index contributed by atoms with van der Waals surface area (Å²) >= 11 is 0. The molecule has 1 saturated carbocycles.